The molecule has 4 rings (SSSR count). The van der Waals surface area contributed by atoms with E-state index in [1.165, 1.54) is 25.9 Å². The molecule has 0 radical (unpaired) electrons. The molecule has 112 valence electrons. The van der Waals surface area contributed by atoms with Crippen LogP contribution in [0.15, 0.2) is 17.0 Å². The number of rotatable bonds is 3. The lowest BCUT2D eigenvalue weighted by Gasteiger charge is -2.17. The van der Waals surface area contributed by atoms with Crippen LogP contribution in [0.3, 0.4) is 0 Å². The molecule has 1 aliphatic carbocycles. The molecule has 0 bridgehead atoms. The predicted molar refractivity (Wildman–Crippen MR) is 83.3 cm³/mol. The largest absolute Gasteiger partial charge is 0.316 e. The molecule has 0 spiro atoms. The molecule has 3 heterocycles. The van der Waals surface area contributed by atoms with Gasteiger partial charge in [0.2, 0.25) is 5.91 Å². The zero-order valence-electron chi connectivity index (χ0n) is 11.9. The number of amides is 1. The fourth-order valence-corrected chi connectivity index (χ4v) is 4.44. The normalized spacial score (nSPS) is 30.9. The lowest BCUT2D eigenvalue weighted by atomic mass is 10.0. The fraction of sp³-hybridized carbons (Fsp3) is 0.600. The Balaban J connectivity index is 1.37. The second kappa shape index (κ2) is 5.59. The van der Waals surface area contributed by atoms with E-state index in [9.17, 15) is 4.79 Å². The van der Waals surface area contributed by atoms with Crippen LogP contribution in [0.4, 0.5) is 5.82 Å². The minimum atomic E-state index is 0.0428. The van der Waals surface area contributed by atoms with Crippen LogP contribution < -0.4 is 16.0 Å². The number of hydrogen-bond acceptors (Lipinski definition) is 5. The van der Waals surface area contributed by atoms with E-state index in [2.05, 4.69) is 33.1 Å². The Morgan fingerprint density at radius 3 is 2.90 bits per heavy atom. The number of hydrogen-bond donors (Lipinski definition) is 3. The molecule has 5 nitrogen and oxygen atoms in total. The summed E-state index contributed by atoms with van der Waals surface area (Å²) in [5.41, 5.74) is 1.01. The van der Waals surface area contributed by atoms with Crippen LogP contribution in [0, 0.1) is 11.8 Å². The molecule has 0 aromatic carbocycles. The molecular weight excluding hydrogens is 284 g/mol. The number of thioether (sulfide) groups is 1. The summed E-state index contributed by atoms with van der Waals surface area (Å²) >= 11 is 1.56. The maximum atomic E-state index is 11.4. The molecule has 21 heavy (non-hydrogen) atoms. The van der Waals surface area contributed by atoms with Crippen LogP contribution in [0.2, 0.25) is 0 Å². The average molecular weight is 304 g/mol. The summed E-state index contributed by atoms with van der Waals surface area (Å²) in [6.45, 7) is 3.15. The fourth-order valence-electron chi connectivity index (χ4n) is 3.68. The van der Waals surface area contributed by atoms with Gasteiger partial charge in [0.25, 0.3) is 0 Å². The molecule has 1 amide bonds. The predicted octanol–water partition coefficient (Wildman–Crippen LogP) is 1.21. The first-order valence-corrected chi connectivity index (χ1v) is 8.63. The molecular formula is C15H20N4OS. The van der Waals surface area contributed by atoms with Gasteiger partial charge in [-0.25, -0.2) is 4.98 Å². The topological polar surface area (TPSA) is 66.0 Å². The lowest BCUT2D eigenvalue weighted by molar-refractivity contribution is -0.113. The molecule has 1 saturated heterocycles. The maximum absolute atomic E-state index is 11.4. The Hall–Kier alpha value is -1.11. The number of anilines is 1. The van der Waals surface area contributed by atoms with Gasteiger partial charge in [-0.2, -0.15) is 0 Å². The zero-order valence-corrected chi connectivity index (χ0v) is 12.7. The molecule has 6 heteroatoms. The van der Waals surface area contributed by atoms with Gasteiger partial charge in [-0.15, -0.1) is 11.8 Å². The highest BCUT2D eigenvalue weighted by atomic mass is 32.2. The molecule has 0 unspecified atom stereocenters. The van der Waals surface area contributed by atoms with Crippen molar-refractivity contribution in [2.75, 3.05) is 24.2 Å². The van der Waals surface area contributed by atoms with Gasteiger partial charge in [0.15, 0.2) is 0 Å². The molecule has 1 aromatic rings. The van der Waals surface area contributed by atoms with Gasteiger partial charge < -0.3 is 16.0 Å². The summed E-state index contributed by atoms with van der Waals surface area (Å²) < 4.78 is 0. The first kappa shape index (κ1) is 13.5. The summed E-state index contributed by atoms with van der Waals surface area (Å²) in [5.74, 6) is 2.97. The molecule has 3 atom stereocenters. The number of nitrogens with one attached hydrogen (secondary N) is 3. The van der Waals surface area contributed by atoms with Crippen molar-refractivity contribution in [2.24, 2.45) is 11.8 Å². The zero-order chi connectivity index (χ0) is 14.2. The van der Waals surface area contributed by atoms with Crippen molar-refractivity contribution in [1.29, 1.82) is 0 Å². The van der Waals surface area contributed by atoms with Crippen molar-refractivity contribution in [3.8, 4) is 0 Å². The van der Waals surface area contributed by atoms with Crippen LogP contribution in [0.25, 0.3) is 0 Å². The summed E-state index contributed by atoms with van der Waals surface area (Å²) in [6.07, 6.45) is 2.55. The van der Waals surface area contributed by atoms with Crippen molar-refractivity contribution < 1.29 is 4.79 Å². The van der Waals surface area contributed by atoms with Crippen molar-refractivity contribution in [2.45, 2.75) is 30.3 Å². The van der Waals surface area contributed by atoms with E-state index in [-0.39, 0.29) is 5.91 Å². The SMILES string of the molecule is O=C1CSc2ccc(CN[C@@H]3C[C@H]4CNC[C@H]4C3)nc2N1. The van der Waals surface area contributed by atoms with Crippen LogP contribution in [0.1, 0.15) is 18.5 Å². The summed E-state index contributed by atoms with van der Waals surface area (Å²) in [4.78, 5) is 17.1. The number of carbonyl (C=O) groups excluding carboxylic acids is 1. The molecule has 1 aromatic heterocycles. The monoisotopic (exact) mass is 304 g/mol. The number of carbonyl (C=O) groups is 1. The van der Waals surface area contributed by atoms with Crippen molar-refractivity contribution >= 4 is 23.5 Å². The highest BCUT2D eigenvalue weighted by molar-refractivity contribution is 8.00. The lowest BCUT2D eigenvalue weighted by Crippen LogP contribution is -2.29. The summed E-state index contributed by atoms with van der Waals surface area (Å²) in [7, 11) is 0. The van der Waals surface area contributed by atoms with E-state index in [0.29, 0.717) is 11.8 Å². The molecule has 1 saturated carbocycles. The molecule has 3 aliphatic rings. The second-order valence-corrected chi connectivity index (χ2v) is 7.23. The van der Waals surface area contributed by atoms with Gasteiger partial charge in [-0.1, -0.05) is 0 Å². The Morgan fingerprint density at radius 1 is 1.29 bits per heavy atom. The van der Waals surface area contributed by atoms with Crippen molar-refractivity contribution in [1.82, 2.24) is 15.6 Å². The Morgan fingerprint density at radius 2 is 2.10 bits per heavy atom. The highest BCUT2D eigenvalue weighted by Gasteiger charge is 2.36. The van der Waals surface area contributed by atoms with Crippen LogP contribution in [-0.4, -0.2) is 35.8 Å². The second-order valence-electron chi connectivity index (χ2n) is 6.21. The minimum absolute atomic E-state index is 0.0428. The third-order valence-electron chi connectivity index (χ3n) is 4.76. The number of fused-ring (bicyclic) bond motifs is 2. The van der Waals surface area contributed by atoms with E-state index < -0.39 is 0 Å². The smallest absolute Gasteiger partial charge is 0.235 e. The van der Waals surface area contributed by atoms with Gasteiger partial charge in [-0.3, -0.25) is 4.79 Å². The van der Waals surface area contributed by atoms with Crippen LogP contribution >= 0.6 is 11.8 Å². The van der Waals surface area contributed by atoms with Gasteiger partial charge in [0.1, 0.15) is 5.82 Å². The van der Waals surface area contributed by atoms with Crippen LogP contribution in [0.5, 0.6) is 0 Å². The Labute approximate surface area is 128 Å². The molecule has 2 fully saturated rings. The van der Waals surface area contributed by atoms with Gasteiger partial charge in [-0.05, 0) is 49.9 Å². The van der Waals surface area contributed by atoms with Gasteiger partial charge in [0.05, 0.1) is 16.3 Å². The quantitative estimate of drug-likeness (QED) is 0.783. The summed E-state index contributed by atoms with van der Waals surface area (Å²) in [6, 6.07) is 4.74. The van der Waals surface area contributed by atoms with E-state index in [1.54, 1.807) is 11.8 Å². The molecule has 2 aliphatic heterocycles. The third kappa shape index (κ3) is 2.80. The number of pyridine rings is 1. The van der Waals surface area contributed by atoms with E-state index in [1.807, 2.05) is 0 Å². The Bertz CT molecular complexity index is 553. The van der Waals surface area contributed by atoms with Gasteiger partial charge >= 0.3 is 0 Å². The maximum Gasteiger partial charge on any atom is 0.235 e. The summed E-state index contributed by atoms with van der Waals surface area (Å²) in [5, 5.41) is 9.96. The van der Waals surface area contributed by atoms with Crippen molar-refractivity contribution in [3.63, 3.8) is 0 Å². The highest BCUT2D eigenvalue weighted by Crippen LogP contribution is 2.34. The average Bonchev–Trinajstić information content (AvgIpc) is 3.05. The van der Waals surface area contributed by atoms with Crippen molar-refractivity contribution in [3.05, 3.63) is 17.8 Å². The minimum Gasteiger partial charge on any atom is -0.316 e. The first-order valence-electron chi connectivity index (χ1n) is 7.64. The number of aromatic nitrogens is 1. The Kier molecular flexibility index (Phi) is 3.61. The molecule has 3 N–H and O–H groups in total. The number of nitrogens with zero attached hydrogens (tertiary/aromatic N) is 1. The van der Waals surface area contributed by atoms with E-state index in [4.69, 9.17) is 0 Å². The third-order valence-corrected chi connectivity index (χ3v) is 5.81. The first-order chi connectivity index (χ1) is 10.3. The standard InChI is InChI=1S/C15H20N4OS/c20-14-8-21-13-2-1-11(18-15(13)19-14)7-17-12-3-9-5-16-6-10(9)4-12/h1-2,9-10,12,16-17H,3-8H2,(H,18,19,20)/t9-,10+,12+. The van der Waals surface area contributed by atoms with E-state index in [0.717, 1.165) is 34.8 Å². The van der Waals surface area contributed by atoms with E-state index >= 15 is 0 Å². The van der Waals surface area contributed by atoms with Gasteiger partial charge in [0, 0.05) is 12.6 Å². The van der Waals surface area contributed by atoms with Crippen LogP contribution in [-0.2, 0) is 11.3 Å².